The lowest BCUT2D eigenvalue weighted by Crippen LogP contribution is -2.26. The number of anilines is 1. The SMILES string of the molecule is NCC1CCC(C(=O)c2cccnc2N)CC1. The highest BCUT2D eigenvalue weighted by Crippen LogP contribution is 2.31. The Labute approximate surface area is 101 Å². The second kappa shape index (κ2) is 5.27. The first-order valence-corrected chi connectivity index (χ1v) is 6.17. The Morgan fingerprint density at radius 1 is 1.35 bits per heavy atom. The second-order valence-corrected chi connectivity index (χ2v) is 4.75. The number of nitrogens with two attached hydrogens (primary N) is 2. The predicted molar refractivity (Wildman–Crippen MR) is 67.5 cm³/mol. The van der Waals surface area contributed by atoms with E-state index in [1.165, 1.54) is 0 Å². The van der Waals surface area contributed by atoms with E-state index >= 15 is 0 Å². The molecule has 0 bridgehead atoms. The zero-order chi connectivity index (χ0) is 12.3. The first kappa shape index (κ1) is 12.0. The zero-order valence-electron chi connectivity index (χ0n) is 9.93. The lowest BCUT2D eigenvalue weighted by Gasteiger charge is -2.26. The molecule has 0 aliphatic heterocycles. The monoisotopic (exact) mass is 233 g/mol. The van der Waals surface area contributed by atoms with Crippen LogP contribution < -0.4 is 11.5 Å². The van der Waals surface area contributed by atoms with Crippen LogP contribution in [0.5, 0.6) is 0 Å². The van der Waals surface area contributed by atoms with Crippen LogP contribution in [-0.2, 0) is 0 Å². The van der Waals surface area contributed by atoms with Crippen LogP contribution in [0, 0.1) is 11.8 Å². The topological polar surface area (TPSA) is 82.0 Å². The van der Waals surface area contributed by atoms with Crippen LogP contribution in [-0.4, -0.2) is 17.3 Å². The maximum Gasteiger partial charge on any atom is 0.169 e. The molecule has 92 valence electrons. The number of ketones is 1. The Hall–Kier alpha value is -1.42. The number of Topliss-reactive ketones (excluding diaryl/α,β-unsaturated/α-hetero) is 1. The maximum absolute atomic E-state index is 12.3. The predicted octanol–water partition coefficient (Wildman–Crippen LogP) is 1.61. The van der Waals surface area contributed by atoms with Crippen molar-refractivity contribution in [2.75, 3.05) is 12.3 Å². The number of nitrogen functional groups attached to an aromatic ring is 1. The molecule has 0 unspecified atom stereocenters. The van der Waals surface area contributed by atoms with Gasteiger partial charge in [0.05, 0.1) is 5.56 Å². The Morgan fingerprint density at radius 2 is 2.06 bits per heavy atom. The molecular formula is C13H19N3O. The number of carbonyl (C=O) groups excluding carboxylic acids is 1. The van der Waals surface area contributed by atoms with Gasteiger partial charge in [-0.15, -0.1) is 0 Å². The Kier molecular flexibility index (Phi) is 3.74. The summed E-state index contributed by atoms with van der Waals surface area (Å²) in [6, 6.07) is 3.52. The molecule has 0 radical (unpaired) electrons. The van der Waals surface area contributed by atoms with E-state index in [1.807, 2.05) is 0 Å². The average molecular weight is 233 g/mol. The van der Waals surface area contributed by atoms with E-state index in [-0.39, 0.29) is 11.7 Å². The molecule has 0 saturated heterocycles. The largest absolute Gasteiger partial charge is 0.383 e. The van der Waals surface area contributed by atoms with Gasteiger partial charge < -0.3 is 11.5 Å². The smallest absolute Gasteiger partial charge is 0.169 e. The third-order valence-corrected chi connectivity index (χ3v) is 3.65. The minimum atomic E-state index is 0.101. The summed E-state index contributed by atoms with van der Waals surface area (Å²) in [5.41, 5.74) is 11.9. The standard InChI is InChI=1S/C13H19N3O/c14-8-9-3-5-10(6-4-9)12(17)11-2-1-7-16-13(11)15/h1-2,7,9-10H,3-6,8,14H2,(H2,15,16). The van der Waals surface area contributed by atoms with Crippen LogP contribution in [0.2, 0.25) is 0 Å². The Balaban J connectivity index is 2.04. The molecule has 17 heavy (non-hydrogen) atoms. The molecule has 1 aromatic heterocycles. The molecule has 0 spiro atoms. The van der Waals surface area contributed by atoms with E-state index in [9.17, 15) is 4.79 Å². The molecule has 0 amide bonds. The van der Waals surface area contributed by atoms with Crippen LogP contribution >= 0.6 is 0 Å². The molecule has 1 aliphatic carbocycles. The van der Waals surface area contributed by atoms with Gasteiger partial charge in [-0.3, -0.25) is 4.79 Å². The molecule has 1 aliphatic rings. The van der Waals surface area contributed by atoms with Gasteiger partial charge in [-0.2, -0.15) is 0 Å². The maximum atomic E-state index is 12.3. The number of aromatic nitrogens is 1. The first-order valence-electron chi connectivity index (χ1n) is 6.17. The number of hydrogen-bond acceptors (Lipinski definition) is 4. The summed E-state index contributed by atoms with van der Waals surface area (Å²) >= 11 is 0. The van der Waals surface area contributed by atoms with Crippen LogP contribution in [0.4, 0.5) is 5.82 Å². The molecule has 0 aromatic carbocycles. The van der Waals surface area contributed by atoms with Gasteiger partial charge in [0, 0.05) is 12.1 Å². The van der Waals surface area contributed by atoms with Crippen LogP contribution in [0.15, 0.2) is 18.3 Å². The van der Waals surface area contributed by atoms with Crippen molar-refractivity contribution in [2.45, 2.75) is 25.7 Å². The average Bonchev–Trinajstić information content (AvgIpc) is 2.39. The van der Waals surface area contributed by atoms with Crippen molar-refractivity contribution in [2.24, 2.45) is 17.6 Å². The zero-order valence-corrected chi connectivity index (χ0v) is 9.93. The van der Waals surface area contributed by atoms with Gasteiger partial charge in [-0.1, -0.05) is 0 Å². The van der Waals surface area contributed by atoms with E-state index in [2.05, 4.69) is 4.98 Å². The van der Waals surface area contributed by atoms with Crippen molar-refractivity contribution in [3.63, 3.8) is 0 Å². The minimum Gasteiger partial charge on any atom is -0.383 e. The Morgan fingerprint density at radius 3 is 2.65 bits per heavy atom. The number of hydrogen-bond donors (Lipinski definition) is 2. The number of carbonyl (C=O) groups is 1. The normalized spacial score (nSPS) is 24.5. The van der Waals surface area contributed by atoms with Crippen molar-refractivity contribution in [3.8, 4) is 0 Å². The van der Waals surface area contributed by atoms with Gasteiger partial charge >= 0.3 is 0 Å². The van der Waals surface area contributed by atoms with Gasteiger partial charge in [0.2, 0.25) is 0 Å². The van der Waals surface area contributed by atoms with Crippen molar-refractivity contribution >= 4 is 11.6 Å². The third-order valence-electron chi connectivity index (χ3n) is 3.65. The van der Waals surface area contributed by atoms with Gasteiger partial charge in [-0.05, 0) is 50.3 Å². The molecule has 0 atom stereocenters. The minimum absolute atomic E-state index is 0.101. The summed E-state index contributed by atoms with van der Waals surface area (Å²) in [6.45, 7) is 0.732. The van der Waals surface area contributed by atoms with Gasteiger partial charge in [0.15, 0.2) is 5.78 Å². The van der Waals surface area contributed by atoms with E-state index in [0.29, 0.717) is 17.3 Å². The molecule has 4 N–H and O–H groups in total. The lowest BCUT2D eigenvalue weighted by atomic mass is 9.79. The number of nitrogens with zero attached hydrogens (tertiary/aromatic N) is 1. The van der Waals surface area contributed by atoms with Crippen molar-refractivity contribution in [3.05, 3.63) is 23.9 Å². The molecule has 4 nitrogen and oxygen atoms in total. The molecule has 1 heterocycles. The van der Waals surface area contributed by atoms with Crippen molar-refractivity contribution in [1.82, 2.24) is 4.98 Å². The quantitative estimate of drug-likeness (QED) is 0.777. The first-order chi connectivity index (χ1) is 8.22. The summed E-state index contributed by atoms with van der Waals surface area (Å²) in [4.78, 5) is 16.2. The van der Waals surface area contributed by atoms with E-state index < -0.39 is 0 Å². The third kappa shape index (κ3) is 2.64. The summed E-state index contributed by atoms with van der Waals surface area (Å²) in [6.07, 6.45) is 5.56. The molecule has 2 rings (SSSR count). The highest BCUT2D eigenvalue weighted by Gasteiger charge is 2.27. The summed E-state index contributed by atoms with van der Waals surface area (Å²) in [7, 11) is 0. The van der Waals surface area contributed by atoms with E-state index in [4.69, 9.17) is 11.5 Å². The number of pyridine rings is 1. The molecule has 1 aromatic rings. The van der Waals surface area contributed by atoms with Crippen LogP contribution in [0.1, 0.15) is 36.0 Å². The van der Waals surface area contributed by atoms with Crippen LogP contribution in [0.25, 0.3) is 0 Å². The second-order valence-electron chi connectivity index (χ2n) is 4.75. The van der Waals surface area contributed by atoms with Crippen molar-refractivity contribution in [1.29, 1.82) is 0 Å². The fourth-order valence-electron chi connectivity index (χ4n) is 2.51. The van der Waals surface area contributed by atoms with Gasteiger partial charge in [0.1, 0.15) is 5.82 Å². The molecule has 1 fully saturated rings. The fraction of sp³-hybridized carbons (Fsp3) is 0.538. The number of rotatable bonds is 3. The van der Waals surface area contributed by atoms with Crippen molar-refractivity contribution < 1.29 is 4.79 Å². The summed E-state index contributed by atoms with van der Waals surface area (Å²) in [5.74, 6) is 1.18. The van der Waals surface area contributed by atoms with Gasteiger partial charge in [-0.25, -0.2) is 4.98 Å². The highest BCUT2D eigenvalue weighted by molar-refractivity contribution is 6.01. The molecule has 4 heteroatoms. The van der Waals surface area contributed by atoms with E-state index in [1.54, 1.807) is 18.3 Å². The highest BCUT2D eigenvalue weighted by atomic mass is 16.1. The van der Waals surface area contributed by atoms with Crippen LogP contribution in [0.3, 0.4) is 0 Å². The molecule has 1 saturated carbocycles. The summed E-state index contributed by atoms with van der Waals surface area (Å²) in [5, 5.41) is 0. The summed E-state index contributed by atoms with van der Waals surface area (Å²) < 4.78 is 0. The fourth-order valence-corrected chi connectivity index (χ4v) is 2.51. The molecular weight excluding hydrogens is 214 g/mol. The van der Waals surface area contributed by atoms with E-state index in [0.717, 1.165) is 32.2 Å². The van der Waals surface area contributed by atoms with Gasteiger partial charge in [0.25, 0.3) is 0 Å². The lowest BCUT2D eigenvalue weighted by molar-refractivity contribution is 0.0874. The Bertz CT molecular complexity index is 397.